The quantitative estimate of drug-likeness (QED) is 0.754. The van der Waals surface area contributed by atoms with Gasteiger partial charge in [-0.15, -0.1) is 0 Å². The van der Waals surface area contributed by atoms with Gasteiger partial charge in [-0.3, -0.25) is 4.79 Å². The van der Waals surface area contributed by atoms with Gasteiger partial charge in [-0.25, -0.2) is 0 Å². The average molecular weight is 212 g/mol. The van der Waals surface area contributed by atoms with Gasteiger partial charge in [0.15, 0.2) is 0 Å². The van der Waals surface area contributed by atoms with Crippen LogP contribution in [0.3, 0.4) is 0 Å². The van der Waals surface area contributed by atoms with Crippen molar-refractivity contribution >= 4 is 5.91 Å². The Morgan fingerprint density at radius 1 is 1.40 bits per heavy atom. The molecule has 1 fully saturated rings. The Balaban J connectivity index is 2.37. The number of rotatable bonds is 2. The van der Waals surface area contributed by atoms with Gasteiger partial charge >= 0.3 is 0 Å². The number of carbonyl (C=O) groups is 1. The number of hydrogen-bond acceptors (Lipinski definition) is 2. The van der Waals surface area contributed by atoms with Gasteiger partial charge in [0.05, 0.1) is 6.54 Å². The lowest BCUT2D eigenvalue weighted by molar-refractivity contribution is -0.129. The van der Waals surface area contributed by atoms with E-state index in [1.165, 1.54) is 0 Å². The van der Waals surface area contributed by atoms with E-state index in [1.807, 2.05) is 4.90 Å². The molecule has 0 unspecified atom stereocenters. The fourth-order valence-corrected chi connectivity index (χ4v) is 1.78. The molecular formula is C12H24N2O. The maximum Gasteiger partial charge on any atom is 0.236 e. The Kier molecular flexibility index (Phi) is 3.44. The van der Waals surface area contributed by atoms with Gasteiger partial charge < -0.3 is 10.2 Å². The van der Waals surface area contributed by atoms with Gasteiger partial charge in [-0.2, -0.15) is 0 Å². The first-order valence-electron chi connectivity index (χ1n) is 5.72. The molecule has 88 valence electrons. The van der Waals surface area contributed by atoms with Gasteiger partial charge in [0.1, 0.15) is 0 Å². The Bertz CT molecular complexity index is 240. The van der Waals surface area contributed by atoms with Crippen LogP contribution in [-0.2, 0) is 4.79 Å². The first kappa shape index (κ1) is 12.5. The van der Waals surface area contributed by atoms with Crippen LogP contribution in [0, 0.1) is 5.41 Å². The van der Waals surface area contributed by atoms with E-state index < -0.39 is 0 Å². The normalized spacial score (nSPS) is 20.7. The lowest BCUT2D eigenvalue weighted by Gasteiger charge is -2.24. The van der Waals surface area contributed by atoms with Crippen molar-refractivity contribution in [3.63, 3.8) is 0 Å². The molecule has 1 aliphatic rings. The van der Waals surface area contributed by atoms with E-state index in [0.29, 0.717) is 12.0 Å². The van der Waals surface area contributed by atoms with Crippen LogP contribution in [0.4, 0.5) is 0 Å². The van der Waals surface area contributed by atoms with Gasteiger partial charge in [-0.05, 0) is 32.6 Å². The predicted molar refractivity (Wildman–Crippen MR) is 62.7 cm³/mol. The van der Waals surface area contributed by atoms with E-state index in [0.717, 1.165) is 19.5 Å². The monoisotopic (exact) mass is 212 g/mol. The zero-order valence-electron chi connectivity index (χ0n) is 10.7. The number of amides is 1. The molecule has 0 saturated carbocycles. The van der Waals surface area contributed by atoms with E-state index in [2.05, 4.69) is 39.9 Å². The number of likely N-dealkylation sites (tertiary alicyclic amines) is 1. The molecule has 0 bridgehead atoms. The Hall–Kier alpha value is -0.570. The molecule has 0 aliphatic carbocycles. The lowest BCUT2D eigenvalue weighted by Crippen LogP contribution is -2.44. The van der Waals surface area contributed by atoms with Crippen molar-refractivity contribution in [2.24, 2.45) is 5.41 Å². The van der Waals surface area contributed by atoms with E-state index in [1.54, 1.807) is 0 Å². The summed E-state index contributed by atoms with van der Waals surface area (Å²) in [6.07, 6.45) is 1.12. The summed E-state index contributed by atoms with van der Waals surface area (Å²) in [6, 6.07) is 0. The molecule has 1 aliphatic heterocycles. The number of carbonyl (C=O) groups excluding carboxylic acids is 1. The standard InChI is InChI=1S/C12H24N2O/c1-11(2,3)13-8-10(15)14-7-6-12(4,5)9-14/h13H,6-9H2,1-5H3. The van der Waals surface area contributed by atoms with Crippen LogP contribution in [0.5, 0.6) is 0 Å². The molecule has 3 nitrogen and oxygen atoms in total. The summed E-state index contributed by atoms with van der Waals surface area (Å²) in [6.45, 7) is 12.9. The van der Waals surface area contributed by atoms with Gasteiger partial charge in [0, 0.05) is 18.6 Å². The molecule has 1 N–H and O–H groups in total. The van der Waals surface area contributed by atoms with Crippen LogP contribution in [0.1, 0.15) is 41.0 Å². The second kappa shape index (κ2) is 4.12. The zero-order chi connectivity index (χ0) is 11.7. The van der Waals surface area contributed by atoms with E-state index >= 15 is 0 Å². The van der Waals surface area contributed by atoms with Crippen molar-refractivity contribution in [2.45, 2.75) is 46.6 Å². The molecule has 0 aromatic heterocycles. The molecule has 0 atom stereocenters. The molecule has 1 heterocycles. The molecule has 15 heavy (non-hydrogen) atoms. The first-order chi connectivity index (χ1) is 6.70. The third-order valence-corrected chi connectivity index (χ3v) is 2.80. The molecule has 0 aromatic rings. The summed E-state index contributed by atoms with van der Waals surface area (Å²) < 4.78 is 0. The predicted octanol–water partition coefficient (Wildman–Crippen LogP) is 1.63. The smallest absolute Gasteiger partial charge is 0.236 e. The molecule has 0 aromatic carbocycles. The van der Waals surface area contributed by atoms with Crippen molar-refractivity contribution in [1.82, 2.24) is 10.2 Å². The topological polar surface area (TPSA) is 32.3 Å². The van der Waals surface area contributed by atoms with Crippen LogP contribution < -0.4 is 5.32 Å². The molecule has 3 heteroatoms. The summed E-state index contributed by atoms with van der Waals surface area (Å²) in [5, 5.41) is 3.23. The van der Waals surface area contributed by atoms with Gasteiger partial charge in [0.2, 0.25) is 5.91 Å². The third kappa shape index (κ3) is 4.20. The molecule has 0 radical (unpaired) electrons. The molecule has 1 rings (SSSR count). The van der Waals surface area contributed by atoms with Gasteiger partial charge in [-0.1, -0.05) is 13.8 Å². The van der Waals surface area contributed by atoms with Crippen LogP contribution in [0.2, 0.25) is 0 Å². The maximum absolute atomic E-state index is 11.8. The van der Waals surface area contributed by atoms with Crippen LogP contribution in [-0.4, -0.2) is 36.0 Å². The van der Waals surface area contributed by atoms with E-state index in [-0.39, 0.29) is 11.4 Å². The summed E-state index contributed by atoms with van der Waals surface area (Å²) in [5.74, 6) is 0.232. The van der Waals surface area contributed by atoms with Crippen molar-refractivity contribution in [3.05, 3.63) is 0 Å². The lowest BCUT2D eigenvalue weighted by atomic mass is 9.93. The van der Waals surface area contributed by atoms with Crippen molar-refractivity contribution in [3.8, 4) is 0 Å². The molecular weight excluding hydrogens is 188 g/mol. The summed E-state index contributed by atoms with van der Waals surface area (Å²) >= 11 is 0. The number of nitrogens with one attached hydrogen (secondary N) is 1. The average Bonchev–Trinajstić information content (AvgIpc) is 2.40. The highest BCUT2D eigenvalue weighted by atomic mass is 16.2. The van der Waals surface area contributed by atoms with Crippen molar-refractivity contribution in [2.75, 3.05) is 19.6 Å². The summed E-state index contributed by atoms with van der Waals surface area (Å²) in [5.41, 5.74) is 0.322. The van der Waals surface area contributed by atoms with Crippen molar-refractivity contribution < 1.29 is 4.79 Å². The SMILES string of the molecule is CC1(C)CCN(C(=O)CNC(C)(C)C)C1. The number of nitrogens with zero attached hydrogens (tertiary/aromatic N) is 1. The fourth-order valence-electron chi connectivity index (χ4n) is 1.78. The first-order valence-corrected chi connectivity index (χ1v) is 5.72. The number of hydrogen-bond donors (Lipinski definition) is 1. The largest absolute Gasteiger partial charge is 0.341 e. The minimum Gasteiger partial charge on any atom is -0.341 e. The highest BCUT2D eigenvalue weighted by Gasteiger charge is 2.31. The minimum atomic E-state index is 0.0188. The van der Waals surface area contributed by atoms with Crippen LogP contribution in [0.25, 0.3) is 0 Å². The van der Waals surface area contributed by atoms with Gasteiger partial charge in [0.25, 0.3) is 0 Å². The second-order valence-electron chi connectivity index (χ2n) is 6.33. The zero-order valence-corrected chi connectivity index (χ0v) is 10.7. The van der Waals surface area contributed by atoms with E-state index in [4.69, 9.17) is 0 Å². The fraction of sp³-hybridized carbons (Fsp3) is 0.917. The molecule has 0 spiro atoms. The highest BCUT2D eigenvalue weighted by molar-refractivity contribution is 5.78. The molecule has 1 saturated heterocycles. The Morgan fingerprint density at radius 3 is 2.40 bits per heavy atom. The Labute approximate surface area is 93.2 Å². The summed E-state index contributed by atoms with van der Waals surface area (Å²) in [4.78, 5) is 13.8. The summed E-state index contributed by atoms with van der Waals surface area (Å²) in [7, 11) is 0. The third-order valence-electron chi connectivity index (χ3n) is 2.80. The van der Waals surface area contributed by atoms with Crippen LogP contribution in [0.15, 0.2) is 0 Å². The Morgan fingerprint density at radius 2 is 2.00 bits per heavy atom. The maximum atomic E-state index is 11.8. The van der Waals surface area contributed by atoms with E-state index in [9.17, 15) is 4.79 Å². The van der Waals surface area contributed by atoms with Crippen molar-refractivity contribution in [1.29, 1.82) is 0 Å². The highest BCUT2D eigenvalue weighted by Crippen LogP contribution is 2.28. The van der Waals surface area contributed by atoms with Crippen LogP contribution >= 0.6 is 0 Å². The molecule has 1 amide bonds. The second-order valence-corrected chi connectivity index (χ2v) is 6.33. The minimum absolute atomic E-state index is 0.0188.